The molecular formula is C33H30BrF4N5O3. The number of hydrogen-bond acceptors (Lipinski definition) is 4. The van der Waals surface area contributed by atoms with Crippen LogP contribution < -0.4 is 10.2 Å². The monoisotopic (exact) mass is 699 g/mol. The number of nitrogens with one attached hydrogen (secondary N) is 1. The van der Waals surface area contributed by atoms with Gasteiger partial charge < -0.3 is 10.2 Å². The van der Waals surface area contributed by atoms with E-state index in [9.17, 15) is 31.9 Å². The predicted octanol–water partition coefficient (Wildman–Crippen LogP) is 6.07. The summed E-state index contributed by atoms with van der Waals surface area (Å²) >= 11 is 3.31. The largest absolute Gasteiger partial charge is 0.416 e. The van der Waals surface area contributed by atoms with Gasteiger partial charge >= 0.3 is 6.18 Å². The van der Waals surface area contributed by atoms with Crippen LogP contribution in [0.4, 0.5) is 23.4 Å². The van der Waals surface area contributed by atoms with Gasteiger partial charge in [0.1, 0.15) is 17.7 Å². The van der Waals surface area contributed by atoms with Gasteiger partial charge in [-0.05, 0) is 61.9 Å². The fourth-order valence-electron chi connectivity index (χ4n) is 5.64. The minimum absolute atomic E-state index is 0.0225. The molecule has 5 rings (SSSR count). The van der Waals surface area contributed by atoms with Crippen LogP contribution in [-0.2, 0) is 22.3 Å². The average Bonchev–Trinajstić information content (AvgIpc) is 3.39. The number of carbonyl (C=O) groups excluding carboxylic acids is 3. The van der Waals surface area contributed by atoms with Crippen molar-refractivity contribution in [2.45, 2.75) is 43.4 Å². The SMILES string of the molecule is CCN1C(=O)[C@@H](NC(=O)c2cccc(C(F)(F)F)c2)[C@@H](c2ccc(F)cc2)c2c(CN(C)C(=O)[C@H](C)Br)nn(-c3ccccc3)c21. The lowest BCUT2D eigenvalue weighted by Crippen LogP contribution is -2.55. The number of benzene rings is 3. The third-order valence-corrected chi connectivity index (χ3v) is 8.19. The number of rotatable bonds is 8. The second kappa shape index (κ2) is 13.1. The number of fused-ring (bicyclic) bond motifs is 1. The van der Waals surface area contributed by atoms with E-state index in [1.165, 1.54) is 40.1 Å². The van der Waals surface area contributed by atoms with Crippen LogP contribution in [0.1, 0.15) is 52.5 Å². The summed E-state index contributed by atoms with van der Waals surface area (Å²) in [4.78, 5) is 43.2. The molecule has 0 fully saturated rings. The van der Waals surface area contributed by atoms with E-state index in [1.54, 1.807) is 37.7 Å². The highest BCUT2D eigenvalue weighted by Crippen LogP contribution is 2.44. The van der Waals surface area contributed by atoms with Gasteiger partial charge in [0.25, 0.3) is 11.8 Å². The number of hydrogen-bond donors (Lipinski definition) is 1. The highest BCUT2D eigenvalue weighted by atomic mass is 79.9. The zero-order valence-corrected chi connectivity index (χ0v) is 26.6. The molecule has 4 aromatic rings. The van der Waals surface area contributed by atoms with Crippen LogP contribution in [0, 0.1) is 5.82 Å². The van der Waals surface area contributed by atoms with Crippen molar-refractivity contribution in [3.8, 4) is 5.69 Å². The van der Waals surface area contributed by atoms with Crippen LogP contribution in [0.5, 0.6) is 0 Å². The molecule has 1 aliphatic heterocycles. The number of amides is 3. The Balaban J connectivity index is 1.71. The summed E-state index contributed by atoms with van der Waals surface area (Å²) in [5.41, 5.74) is 0.713. The van der Waals surface area contributed by atoms with E-state index in [0.717, 1.165) is 18.2 Å². The third-order valence-electron chi connectivity index (χ3n) is 7.79. The summed E-state index contributed by atoms with van der Waals surface area (Å²) in [6.45, 7) is 3.61. The molecule has 13 heteroatoms. The Labute approximate surface area is 271 Å². The molecule has 0 unspecified atom stereocenters. The van der Waals surface area contributed by atoms with Gasteiger partial charge in [-0.25, -0.2) is 9.07 Å². The van der Waals surface area contributed by atoms with E-state index in [4.69, 9.17) is 5.10 Å². The van der Waals surface area contributed by atoms with Gasteiger partial charge in [-0.1, -0.05) is 52.3 Å². The molecule has 0 aliphatic carbocycles. The Kier molecular flexibility index (Phi) is 9.34. The van der Waals surface area contributed by atoms with Crippen molar-refractivity contribution in [2.75, 3.05) is 18.5 Å². The van der Waals surface area contributed by atoms with E-state index in [0.29, 0.717) is 28.3 Å². The second-order valence-electron chi connectivity index (χ2n) is 10.9. The first-order chi connectivity index (χ1) is 21.8. The highest BCUT2D eigenvalue weighted by molar-refractivity contribution is 9.10. The van der Waals surface area contributed by atoms with E-state index in [2.05, 4.69) is 21.2 Å². The number of alkyl halides is 4. The number of carbonyl (C=O) groups is 3. The van der Waals surface area contributed by atoms with Crippen LogP contribution in [0.3, 0.4) is 0 Å². The van der Waals surface area contributed by atoms with Crippen LogP contribution in [0.2, 0.25) is 0 Å². The normalized spacial score (nSPS) is 17.0. The second-order valence-corrected chi connectivity index (χ2v) is 12.3. The lowest BCUT2D eigenvalue weighted by Gasteiger charge is -2.38. The number of likely N-dealkylation sites (N-methyl/N-ethyl adjacent to an activating group) is 1. The molecule has 0 saturated carbocycles. The molecule has 2 heterocycles. The molecule has 0 radical (unpaired) electrons. The Morgan fingerprint density at radius 3 is 2.33 bits per heavy atom. The van der Waals surface area contributed by atoms with Gasteiger partial charge in [0.15, 0.2) is 0 Å². The molecule has 1 aromatic heterocycles. The standard InChI is InChI=1S/C33H30BrF4N5O3/c1-4-42-30-27(25(18-41(3)31(45)19(2)34)40-43(30)24-11-6-5-7-12-24)26(20-13-15-23(35)16-14-20)28(32(42)46)39-29(44)21-9-8-10-22(17-21)33(36,37)38/h5-17,19,26,28H,4,18H2,1-3H3,(H,39,44)/t19-,26-,28-/m0/s1. The van der Waals surface area contributed by atoms with Crippen molar-refractivity contribution >= 4 is 39.5 Å². The summed E-state index contributed by atoms with van der Waals surface area (Å²) < 4.78 is 56.1. The van der Waals surface area contributed by atoms with Gasteiger partial charge in [-0.15, -0.1) is 0 Å². The number of aromatic nitrogens is 2. The minimum Gasteiger partial charge on any atom is -0.339 e. The van der Waals surface area contributed by atoms with E-state index < -0.39 is 46.2 Å². The molecule has 3 amide bonds. The molecule has 1 aliphatic rings. The minimum atomic E-state index is -4.68. The maximum absolute atomic E-state index is 14.3. The first-order valence-corrected chi connectivity index (χ1v) is 15.3. The molecule has 0 bridgehead atoms. The summed E-state index contributed by atoms with van der Waals surface area (Å²) in [5, 5.41) is 7.57. The van der Waals surface area contributed by atoms with Gasteiger partial charge in [0.05, 0.1) is 28.3 Å². The fraction of sp³-hybridized carbons (Fsp3) is 0.273. The van der Waals surface area contributed by atoms with Gasteiger partial charge in [0.2, 0.25) is 5.91 Å². The number of halogens is 5. The number of para-hydroxylation sites is 1. The summed E-state index contributed by atoms with van der Waals surface area (Å²) in [7, 11) is 1.61. The first kappa shape index (κ1) is 32.9. The van der Waals surface area contributed by atoms with Gasteiger partial charge in [-0.2, -0.15) is 18.3 Å². The lowest BCUT2D eigenvalue weighted by molar-refractivity contribution is -0.137. The maximum Gasteiger partial charge on any atom is 0.416 e. The van der Waals surface area contributed by atoms with Crippen molar-refractivity contribution in [3.63, 3.8) is 0 Å². The average molecular weight is 701 g/mol. The van der Waals surface area contributed by atoms with Crippen LogP contribution in [0.15, 0.2) is 78.9 Å². The maximum atomic E-state index is 14.3. The zero-order chi connectivity index (χ0) is 33.3. The molecule has 240 valence electrons. The van der Waals surface area contributed by atoms with Crippen molar-refractivity contribution in [2.24, 2.45) is 0 Å². The summed E-state index contributed by atoms with van der Waals surface area (Å²) in [6, 6.07) is 17.1. The first-order valence-electron chi connectivity index (χ1n) is 14.4. The Morgan fingerprint density at radius 2 is 1.72 bits per heavy atom. The molecule has 3 atom stereocenters. The molecular weight excluding hydrogens is 670 g/mol. The molecule has 3 aromatic carbocycles. The Morgan fingerprint density at radius 1 is 1.04 bits per heavy atom. The molecule has 1 N–H and O–H groups in total. The Hall–Kier alpha value is -4.52. The molecule has 46 heavy (non-hydrogen) atoms. The molecule has 8 nitrogen and oxygen atoms in total. The lowest BCUT2D eigenvalue weighted by atomic mass is 9.80. The predicted molar refractivity (Wildman–Crippen MR) is 167 cm³/mol. The van der Waals surface area contributed by atoms with Crippen molar-refractivity contribution in [1.82, 2.24) is 20.0 Å². The smallest absolute Gasteiger partial charge is 0.339 e. The van der Waals surface area contributed by atoms with E-state index in [-0.39, 0.29) is 24.6 Å². The molecule has 0 saturated heterocycles. The fourth-order valence-corrected chi connectivity index (χ4v) is 5.99. The topological polar surface area (TPSA) is 87.5 Å². The Bertz CT molecular complexity index is 1760. The zero-order valence-electron chi connectivity index (χ0n) is 25.1. The van der Waals surface area contributed by atoms with Crippen molar-refractivity contribution in [3.05, 3.63) is 113 Å². The summed E-state index contributed by atoms with van der Waals surface area (Å²) in [5.74, 6) is -2.73. The van der Waals surface area contributed by atoms with E-state index in [1.807, 2.05) is 18.2 Å². The molecule has 0 spiro atoms. The third kappa shape index (κ3) is 6.41. The highest BCUT2D eigenvalue weighted by Gasteiger charge is 2.46. The van der Waals surface area contributed by atoms with Gasteiger partial charge in [-0.3, -0.25) is 19.3 Å². The van der Waals surface area contributed by atoms with Gasteiger partial charge in [0, 0.05) is 30.6 Å². The van der Waals surface area contributed by atoms with Crippen LogP contribution in [-0.4, -0.2) is 56.9 Å². The van der Waals surface area contributed by atoms with Crippen LogP contribution >= 0.6 is 15.9 Å². The van der Waals surface area contributed by atoms with Crippen LogP contribution in [0.25, 0.3) is 5.69 Å². The number of nitrogens with zero attached hydrogens (tertiary/aromatic N) is 4. The van der Waals surface area contributed by atoms with E-state index >= 15 is 0 Å². The van der Waals surface area contributed by atoms with Crippen molar-refractivity contribution < 1.29 is 31.9 Å². The summed E-state index contributed by atoms with van der Waals surface area (Å²) in [6.07, 6.45) is -4.68. The number of anilines is 1. The quantitative estimate of drug-likeness (QED) is 0.179. The van der Waals surface area contributed by atoms with Crippen molar-refractivity contribution in [1.29, 1.82) is 0 Å².